The van der Waals surface area contributed by atoms with Gasteiger partial charge in [0.1, 0.15) is 12.4 Å². The van der Waals surface area contributed by atoms with Gasteiger partial charge in [0.2, 0.25) is 5.90 Å². The maximum atomic E-state index is 11.9. The van der Waals surface area contributed by atoms with E-state index in [1.165, 1.54) is 11.3 Å². The van der Waals surface area contributed by atoms with E-state index in [0.29, 0.717) is 18.3 Å². The van der Waals surface area contributed by atoms with Gasteiger partial charge in [0.05, 0.1) is 4.88 Å². The molecule has 22 heavy (non-hydrogen) atoms. The van der Waals surface area contributed by atoms with Crippen LogP contribution in [-0.4, -0.2) is 18.5 Å². The molecule has 4 nitrogen and oxygen atoms in total. The van der Waals surface area contributed by atoms with E-state index >= 15 is 0 Å². The zero-order valence-corrected chi connectivity index (χ0v) is 12.5. The smallest absolute Gasteiger partial charge is 0.363 e. The van der Waals surface area contributed by atoms with Crippen LogP contribution in [0.4, 0.5) is 0 Å². The summed E-state index contributed by atoms with van der Waals surface area (Å²) in [5.74, 6) is 0.620. The van der Waals surface area contributed by atoms with E-state index in [4.69, 9.17) is 9.47 Å². The van der Waals surface area contributed by atoms with Crippen molar-refractivity contribution in [2.45, 2.75) is 0 Å². The lowest BCUT2D eigenvalue weighted by atomic mass is 10.2. The third kappa shape index (κ3) is 3.15. The first-order valence-corrected chi connectivity index (χ1v) is 7.54. The third-order valence-corrected chi connectivity index (χ3v) is 3.74. The Labute approximate surface area is 132 Å². The maximum Gasteiger partial charge on any atom is 0.363 e. The molecule has 2 heterocycles. The van der Waals surface area contributed by atoms with Crippen molar-refractivity contribution in [1.29, 1.82) is 0 Å². The van der Waals surface area contributed by atoms with Gasteiger partial charge in [-0.1, -0.05) is 30.9 Å². The van der Waals surface area contributed by atoms with Crippen LogP contribution in [0.25, 0.3) is 6.08 Å². The first-order valence-electron chi connectivity index (χ1n) is 6.66. The molecule has 0 saturated carbocycles. The molecule has 0 radical (unpaired) electrons. The monoisotopic (exact) mass is 311 g/mol. The number of hydrogen-bond acceptors (Lipinski definition) is 5. The number of carbonyl (C=O) groups is 1. The number of carbonyl (C=O) groups excluding carboxylic acids is 1. The number of esters is 1. The van der Waals surface area contributed by atoms with Crippen LogP contribution in [-0.2, 0) is 9.53 Å². The third-order valence-electron chi connectivity index (χ3n) is 2.88. The van der Waals surface area contributed by atoms with Crippen molar-refractivity contribution in [1.82, 2.24) is 0 Å². The molecule has 2 aromatic rings. The van der Waals surface area contributed by atoms with Crippen LogP contribution in [0.1, 0.15) is 10.4 Å². The highest BCUT2D eigenvalue weighted by atomic mass is 32.1. The maximum absolute atomic E-state index is 11.9. The molecule has 0 N–H and O–H groups in total. The second kappa shape index (κ2) is 6.41. The fourth-order valence-corrected chi connectivity index (χ4v) is 2.57. The van der Waals surface area contributed by atoms with Crippen LogP contribution >= 0.6 is 11.3 Å². The first kappa shape index (κ1) is 14.3. The predicted octanol–water partition coefficient (Wildman–Crippen LogP) is 3.66. The van der Waals surface area contributed by atoms with Gasteiger partial charge in [-0.25, -0.2) is 9.79 Å². The minimum Gasteiger partial charge on any atom is -0.490 e. The highest BCUT2D eigenvalue weighted by molar-refractivity contribution is 7.12. The summed E-state index contributed by atoms with van der Waals surface area (Å²) in [4.78, 5) is 17.0. The zero-order chi connectivity index (χ0) is 15.4. The van der Waals surface area contributed by atoms with Crippen LogP contribution < -0.4 is 4.74 Å². The molecule has 0 spiro atoms. The first-order chi connectivity index (χ1) is 10.8. The SMILES string of the molecule is C=CCOc1cccc(/C=C2\N=C(c3cccs3)OC2=O)c1. The molecule has 0 bridgehead atoms. The average Bonchev–Trinajstić information content (AvgIpc) is 3.16. The molecule has 3 rings (SSSR count). The van der Waals surface area contributed by atoms with Crippen molar-refractivity contribution in [3.63, 3.8) is 0 Å². The summed E-state index contributed by atoms with van der Waals surface area (Å²) in [5, 5.41) is 1.91. The molecule has 1 aliphatic rings. The van der Waals surface area contributed by atoms with Gasteiger partial charge in [-0.3, -0.25) is 0 Å². The second-order valence-electron chi connectivity index (χ2n) is 4.49. The van der Waals surface area contributed by atoms with Crippen molar-refractivity contribution in [3.05, 3.63) is 70.6 Å². The highest BCUT2D eigenvalue weighted by Gasteiger charge is 2.24. The Bertz CT molecular complexity index is 760. The average molecular weight is 311 g/mol. The summed E-state index contributed by atoms with van der Waals surface area (Å²) in [6.45, 7) is 4.04. The lowest BCUT2D eigenvalue weighted by molar-refractivity contribution is -0.129. The van der Waals surface area contributed by atoms with E-state index in [-0.39, 0.29) is 5.70 Å². The molecule has 1 aliphatic heterocycles. The van der Waals surface area contributed by atoms with E-state index in [9.17, 15) is 4.79 Å². The Morgan fingerprint density at radius 2 is 2.23 bits per heavy atom. The minimum absolute atomic E-state index is 0.282. The standard InChI is InChI=1S/C17H13NO3S/c1-2-8-20-13-6-3-5-12(10-13)11-14-17(19)21-16(18-14)15-7-4-9-22-15/h2-7,9-11H,1,8H2/b14-11-. The van der Waals surface area contributed by atoms with E-state index in [2.05, 4.69) is 11.6 Å². The highest BCUT2D eigenvalue weighted by Crippen LogP contribution is 2.22. The topological polar surface area (TPSA) is 47.9 Å². The largest absolute Gasteiger partial charge is 0.490 e. The minimum atomic E-state index is -0.444. The van der Waals surface area contributed by atoms with E-state index in [1.807, 2.05) is 41.8 Å². The van der Waals surface area contributed by atoms with Gasteiger partial charge in [-0.15, -0.1) is 11.3 Å². The van der Waals surface area contributed by atoms with Crippen molar-refractivity contribution in [3.8, 4) is 5.75 Å². The summed E-state index contributed by atoms with van der Waals surface area (Å²) in [5.41, 5.74) is 1.11. The van der Waals surface area contributed by atoms with Gasteiger partial charge in [-0.2, -0.15) is 0 Å². The van der Waals surface area contributed by atoms with E-state index in [1.54, 1.807) is 12.2 Å². The lowest BCUT2D eigenvalue weighted by Gasteiger charge is -2.03. The normalized spacial score (nSPS) is 15.5. The van der Waals surface area contributed by atoms with Crippen LogP contribution in [0.3, 0.4) is 0 Å². The Kier molecular flexibility index (Phi) is 4.16. The number of thiophene rings is 1. The molecular weight excluding hydrogens is 298 g/mol. The van der Waals surface area contributed by atoms with Gasteiger partial charge >= 0.3 is 5.97 Å². The molecular formula is C17H13NO3S. The summed E-state index contributed by atoms with van der Waals surface area (Å²) in [6, 6.07) is 11.2. The summed E-state index contributed by atoms with van der Waals surface area (Å²) < 4.78 is 10.7. The Hall–Kier alpha value is -2.66. The molecule has 0 aliphatic carbocycles. The van der Waals surface area contributed by atoms with Crippen LogP contribution in [0.15, 0.2) is 65.1 Å². The Morgan fingerprint density at radius 1 is 1.32 bits per heavy atom. The van der Waals surface area contributed by atoms with Crippen LogP contribution in [0.2, 0.25) is 0 Å². The summed E-state index contributed by atoms with van der Waals surface area (Å²) >= 11 is 1.48. The summed E-state index contributed by atoms with van der Waals surface area (Å²) in [6.07, 6.45) is 3.36. The predicted molar refractivity (Wildman–Crippen MR) is 87.1 cm³/mol. The van der Waals surface area contributed by atoms with Gasteiger partial charge in [0.15, 0.2) is 5.70 Å². The molecule has 1 aromatic carbocycles. The number of nitrogens with zero attached hydrogens (tertiary/aromatic N) is 1. The zero-order valence-electron chi connectivity index (χ0n) is 11.7. The van der Waals surface area contributed by atoms with Crippen LogP contribution in [0, 0.1) is 0 Å². The fourth-order valence-electron chi connectivity index (χ4n) is 1.92. The van der Waals surface area contributed by atoms with Crippen LogP contribution in [0.5, 0.6) is 5.75 Å². The van der Waals surface area contributed by atoms with Crippen molar-refractivity contribution >= 4 is 29.3 Å². The van der Waals surface area contributed by atoms with Gasteiger partial charge in [0, 0.05) is 0 Å². The molecule has 0 amide bonds. The molecule has 0 unspecified atom stereocenters. The quantitative estimate of drug-likeness (QED) is 0.481. The van der Waals surface area contributed by atoms with Gasteiger partial charge < -0.3 is 9.47 Å². The Morgan fingerprint density at radius 3 is 3.00 bits per heavy atom. The molecule has 110 valence electrons. The summed E-state index contributed by atoms with van der Waals surface area (Å²) in [7, 11) is 0. The lowest BCUT2D eigenvalue weighted by Crippen LogP contribution is -2.03. The molecule has 5 heteroatoms. The molecule has 0 saturated heterocycles. The number of rotatable bonds is 5. The van der Waals surface area contributed by atoms with Crippen molar-refractivity contribution in [2.24, 2.45) is 4.99 Å². The molecule has 1 aromatic heterocycles. The number of cyclic esters (lactones) is 1. The number of hydrogen-bond donors (Lipinski definition) is 0. The number of ether oxygens (including phenoxy) is 2. The fraction of sp³-hybridized carbons (Fsp3) is 0.0588. The van der Waals surface area contributed by atoms with Crippen molar-refractivity contribution < 1.29 is 14.3 Å². The number of benzene rings is 1. The van der Waals surface area contributed by atoms with E-state index < -0.39 is 5.97 Å². The number of aliphatic imine (C=N–C) groups is 1. The second-order valence-corrected chi connectivity index (χ2v) is 5.43. The van der Waals surface area contributed by atoms with Crippen molar-refractivity contribution in [2.75, 3.05) is 6.61 Å². The molecule has 0 atom stereocenters. The van der Waals surface area contributed by atoms with Gasteiger partial charge in [0.25, 0.3) is 0 Å². The van der Waals surface area contributed by atoms with E-state index in [0.717, 1.165) is 10.4 Å². The van der Waals surface area contributed by atoms with Gasteiger partial charge in [-0.05, 0) is 35.2 Å². The molecule has 0 fully saturated rings. The Balaban J connectivity index is 1.85.